The van der Waals surface area contributed by atoms with Gasteiger partial charge in [-0.1, -0.05) is 48.9 Å². The van der Waals surface area contributed by atoms with Crippen LogP contribution < -0.4 is 10.2 Å². The predicted molar refractivity (Wildman–Crippen MR) is 110 cm³/mol. The maximum Gasteiger partial charge on any atom is 0.222 e. The first-order valence-electron chi connectivity index (χ1n) is 9.17. The number of hydrogen-bond donors (Lipinski definition) is 1. The molecular weight excluding hydrogens is 382 g/mol. The summed E-state index contributed by atoms with van der Waals surface area (Å²) in [5.41, 5.74) is 1.91. The number of amides is 1. The average molecular weight is 404 g/mol. The van der Waals surface area contributed by atoms with Crippen LogP contribution in [0.25, 0.3) is 16.2 Å². The zero-order valence-electron chi connectivity index (χ0n) is 15.4. The van der Waals surface area contributed by atoms with E-state index in [-0.39, 0.29) is 17.9 Å². The fourth-order valence-corrected chi connectivity index (χ4v) is 4.26. The molecular formula is C19H22ClN5OS. The quantitative estimate of drug-likeness (QED) is 0.718. The van der Waals surface area contributed by atoms with Crippen molar-refractivity contribution in [1.82, 2.24) is 19.9 Å². The molecule has 0 saturated carbocycles. The zero-order chi connectivity index (χ0) is 19.0. The molecule has 142 valence electrons. The van der Waals surface area contributed by atoms with Gasteiger partial charge in [-0.05, 0) is 25.0 Å². The van der Waals surface area contributed by atoms with Crippen LogP contribution in [0.4, 0.5) is 5.13 Å². The van der Waals surface area contributed by atoms with Crippen molar-refractivity contribution >= 4 is 38.9 Å². The van der Waals surface area contributed by atoms with Crippen LogP contribution in [0, 0.1) is 5.92 Å². The van der Waals surface area contributed by atoms with Crippen molar-refractivity contribution in [2.75, 3.05) is 18.0 Å². The molecule has 1 amide bonds. The Hall–Kier alpha value is -2.12. The van der Waals surface area contributed by atoms with E-state index in [4.69, 9.17) is 21.7 Å². The van der Waals surface area contributed by atoms with E-state index in [1.807, 2.05) is 48.8 Å². The van der Waals surface area contributed by atoms with Gasteiger partial charge in [0.25, 0.3) is 0 Å². The van der Waals surface area contributed by atoms with Gasteiger partial charge in [-0.15, -0.1) is 5.10 Å². The second-order valence-electron chi connectivity index (χ2n) is 7.19. The lowest BCUT2D eigenvalue weighted by Gasteiger charge is -2.33. The number of carbonyl (C=O) groups excluding carboxylic acids is 1. The van der Waals surface area contributed by atoms with Gasteiger partial charge in [0.1, 0.15) is 0 Å². The van der Waals surface area contributed by atoms with Crippen molar-refractivity contribution in [3.63, 3.8) is 0 Å². The summed E-state index contributed by atoms with van der Waals surface area (Å²) < 4.78 is 1.83. The summed E-state index contributed by atoms with van der Waals surface area (Å²) in [5.74, 6) is 0.123. The van der Waals surface area contributed by atoms with E-state index in [2.05, 4.69) is 10.2 Å². The van der Waals surface area contributed by atoms with Gasteiger partial charge < -0.3 is 10.2 Å². The monoisotopic (exact) mass is 403 g/mol. The summed E-state index contributed by atoms with van der Waals surface area (Å²) in [6.45, 7) is 5.59. The fourth-order valence-electron chi connectivity index (χ4n) is 3.21. The number of imidazole rings is 1. The van der Waals surface area contributed by atoms with E-state index in [0.717, 1.165) is 47.3 Å². The minimum absolute atomic E-state index is 0.00909. The Balaban J connectivity index is 1.50. The van der Waals surface area contributed by atoms with Crippen molar-refractivity contribution in [2.24, 2.45) is 5.92 Å². The molecule has 3 heterocycles. The molecule has 2 aromatic heterocycles. The molecule has 1 aliphatic rings. The Morgan fingerprint density at radius 2 is 2.11 bits per heavy atom. The van der Waals surface area contributed by atoms with E-state index in [9.17, 15) is 4.79 Å². The van der Waals surface area contributed by atoms with Gasteiger partial charge in [-0.25, -0.2) is 9.50 Å². The average Bonchev–Trinajstić information content (AvgIpc) is 3.21. The van der Waals surface area contributed by atoms with Gasteiger partial charge >= 0.3 is 0 Å². The van der Waals surface area contributed by atoms with Crippen LogP contribution in [0.3, 0.4) is 0 Å². The molecule has 1 aromatic carbocycles. The maximum absolute atomic E-state index is 12.0. The normalized spacial score (nSPS) is 17.6. The van der Waals surface area contributed by atoms with Gasteiger partial charge in [-0.2, -0.15) is 0 Å². The van der Waals surface area contributed by atoms with Gasteiger partial charge in [-0.3, -0.25) is 4.79 Å². The van der Waals surface area contributed by atoms with Crippen molar-refractivity contribution in [1.29, 1.82) is 0 Å². The number of nitrogens with one attached hydrogen (secondary N) is 1. The Morgan fingerprint density at radius 3 is 2.81 bits per heavy atom. The molecule has 0 bridgehead atoms. The summed E-state index contributed by atoms with van der Waals surface area (Å²) in [7, 11) is 0. The van der Waals surface area contributed by atoms with E-state index in [1.54, 1.807) is 11.3 Å². The summed E-state index contributed by atoms with van der Waals surface area (Å²) >= 11 is 7.53. The van der Waals surface area contributed by atoms with Crippen LogP contribution >= 0.6 is 22.9 Å². The molecule has 27 heavy (non-hydrogen) atoms. The molecule has 1 fully saturated rings. The lowest BCUT2D eigenvalue weighted by atomic mass is 10.1. The standard InChI is InChI=1S/C19H22ClN5OS/c1-12(2)17(26)21-15-4-3-9-24(10-15)19-23-25-11-16(22-18(25)27-19)13-5-7-14(20)8-6-13/h5-8,11-12,15H,3-4,9-10H2,1-2H3,(H,21,26). The molecule has 0 radical (unpaired) electrons. The van der Waals surface area contributed by atoms with E-state index < -0.39 is 0 Å². The van der Waals surface area contributed by atoms with Crippen LogP contribution in [-0.2, 0) is 4.79 Å². The Labute approximate surface area is 167 Å². The molecule has 1 atom stereocenters. The molecule has 1 N–H and O–H groups in total. The third kappa shape index (κ3) is 3.94. The first kappa shape index (κ1) is 18.3. The number of nitrogens with zero attached hydrogens (tertiary/aromatic N) is 4. The molecule has 1 aliphatic heterocycles. The number of hydrogen-bond acceptors (Lipinski definition) is 5. The number of aromatic nitrogens is 3. The lowest BCUT2D eigenvalue weighted by Crippen LogP contribution is -2.48. The number of halogens is 1. The maximum atomic E-state index is 12.0. The Kier molecular flexibility index (Phi) is 5.06. The highest BCUT2D eigenvalue weighted by Gasteiger charge is 2.25. The van der Waals surface area contributed by atoms with Gasteiger partial charge in [0, 0.05) is 35.6 Å². The third-order valence-electron chi connectivity index (χ3n) is 4.74. The van der Waals surface area contributed by atoms with Crippen molar-refractivity contribution in [3.8, 4) is 11.3 Å². The van der Waals surface area contributed by atoms with Crippen LogP contribution in [0.2, 0.25) is 5.02 Å². The minimum atomic E-state index is 0.00909. The lowest BCUT2D eigenvalue weighted by molar-refractivity contribution is -0.124. The molecule has 4 rings (SSSR count). The highest BCUT2D eigenvalue weighted by atomic mass is 35.5. The molecule has 0 aliphatic carbocycles. The molecule has 6 nitrogen and oxygen atoms in total. The summed E-state index contributed by atoms with van der Waals surface area (Å²) in [6, 6.07) is 7.82. The van der Waals surface area contributed by atoms with Crippen LogP contribution in [0.1, 0.15) is 26.7 Å². The number of carbonyl (C=O) groups is 1. The predicted octanol–water partition coefficient (Wildman–Crippen LogP) is 3.85. The molecule has 8 heteroatoms. The van der Waals surface area contributed by atoms with Crippen molar-refractivity contribution < 1.29 is 4.79 Å². The summed E-state index contributed by atoms with van der Waals surface area (Å²) in [6.07, 6.45) is 4.00. The van der Waals surface area contributed by atoms with E-state index in [0.29, 0.717) is 5.02 Å². The van der Waals surface area contributed by atoms with E-state index in [1.165, 1.54) is 0 Å². The molecule has 1 unspecified atom stereocenters. The molecule has 1 saturated heterocycles. The summed E-state index contributed by atoms with van der Waals surface area (Å²) in [4.78, 5) is 19.8. The Morgan fingerprint density at radius 1 is 1.33 bits per heavy atom. The zero-order valence-corrected chi connectivity index (χ0v) is 16.9. The smallest absolute Gasteiger partial charge is 0.222 e. The summed E-state index contributed by atoms with van der Waals surface area (Å²) in [5, 5.41) is 9.51. The minimum Gasteiger partial charge on any atom is -0.351 e. The van der Waals surface area contributed by atoms with Crippen LogP contribution in [-0.4, -0.2) is 39.6 Å². The number of rotatable bonds is 4. The van der Waals surface area contributed by atoms with Crippen LogP contribution in [0.15, 0.2) is 30.5 Å². The first-order chi connectivity index (χ1) is 13.0. The van der Waals surface area contributed by atoms with Crippen molar-refractivity contribution in [3.05, 3.63) is 35.5 Å². The highest BCUT2D eigenvalue weighted by molar-refractivity contribution is 7.20. The highest BCUT2D eigenvalue weighted by Crippen LogP contribution is 2.29. The number of anilines is 1. The van der Waals surface area contributed by atoms with Gasteiger partial charge in [0.05, 0.1) is 11.9 Å². The fraction of sp³-hybridized carbons (Fsp3) is 0.421. The second kappa shape index (κ2) is 7.48. The molecule has 3 aromatic rings. The number of fused-ring (bicyclic) bond motifs is 1. The van der Waals surface area contributed by atoms with Gasteiger partial charge in [0.15, 0.2) is 0 Å². The van der Waals surface area contributed by atoms with Crippen molar-refractivity contribution in [2.45, 2.75) is 32.7 Å². The van der Waals surface area contributed by atoms with Crippen LogP contribution in [0.5, 0.6) is 0 Å². The SMILES string of the molecule is CC(C)C(=O)NC1CCCN(c2nn3cc(-c4ccc(Cl)cc4)nc3s2)C1. The largest absolute Gasteiger partial charge is 0.351 e. The van der Waals surface area contributed by atoms with Gasteiger partial charge in [0.2, 0.25) is 16.0 Å². The first-order valence-corrected chi connectivity index (χ1v) is 10.4. The number of benzene rings is 1. The number of piperidine rings is 1. The van der Waals surface area contributed by atoms with E-state index >= 15 is 0 Å². The Bertz CT molecular complexity index is 917. The second-order valence-corrected chi connectivity index (χ2v) is 8.56. The third-order valence-corrected chi connectivity index (χ3v) is 5.97. The molecule has 0 spiro atoms. The topological polar surface area (TPSA) is 62.5 Å².